The molecule has 5 rings (SSSR count). The topological polar surface area (TPSA) is 104 Å². The molecule has 8 nitrogen and oxygen atoms in total. The highest BCUT2D eigenvalue weighted by atomic mass is 16.7. The summed E-state index contributed by atoms with van der Waals surface area (Å²) in [5.41, 5.74) is 4.56. The highest BCUT2D eigenvalue weighted by Gasteiger charge is 2.48. The van der Waals surface area contributed by atoms with Crippen LogP contribution < -0.4 is 9.47 Å². The van der Waals surface area contributed by atoms with Crippen molar-refractivity contribution < 1.29 is 28.7 Å². The summed E-state index contributed by atoms with van der Waals surface area (Å²) in [6, 6.07) is 17.7. The molecule has 0 radical (unpaired) electrons. The van der Waals surface area contributed by atoms with Gasteiger partial charge in [0.15, 0.2) is 0 Å². The van der Waals surface area contributed by atoms with Gasteiger partial charge in [-0.1, -0.05) is 18.2 Å². The van der Waals surface area contributed by atoms with E-state index in [-0.39, 0.29) is 12.0 Å². The number of hydrogen-bond donors (Lipinski definition) is 1. The number of methoxy groups -OCH3 is 2. The second-order valence-corrected chi connectivity index (χ2v) is 8.06. The summed E-state index contributed by atoms with van der Waals surface area (Å²) in [7, 11) is 3.17. The van der Waals surface area contributed by atoms with Gasteiger partial charge in [-0.25, -0.2) is 9.42 Å². The van der Waals surface area contributed by atoms with E-state index in [1.54, 1.807) is 56.7 Å². The molecular formula is C26H22N2O6. The number of nitrogens with zero attached hydrogens (tertiary/aromatic N) is 2. The van der Waals surface area contributed by atoms with Crippen molar-refractivity contribution in [3.8, 4) is 11.5 Å². The summed E-state index contributed by atoms with van der Waals surface area (Å²) < 4.78 is 21.0. The summed E-state index contributed by atoms with van der Waals surface area (Å²) in [4.78, 5) is 13.2. The molecule has 1 unspecified atom stereocenters. The number of aryl methyl sites for hydroxylation is 1. The SMILES string of the molecule is COc1ccc(C2(O)OC(=O)C(c3ccc4nonc4c3)=C2Cc2ccc(OC)c(C)c2)cc1. The molecular weight excluding hydrogens is 436 g/mol. The molecule has 1 aliphatic heterocycles. The largest absolute Gasteiger partial charge is 0.497 e. The lowest BCUT2D eigenvalue weighted by atomic mass is 9.87. The van der Waals surface area contributed by atoms with Crippen LogP contribution in [0.15, 0.2) is 70.9 Å². The summed E-state index contributed by atoms with van der Waals surface area (Å²) in [6.07, 6.45) is 0.267. The summed E-state index contributed by atoms with van der Waals surface area (Å²) >= 11 is 0. The molecule has 2 heterocycles. The molecule has 4 aromatic rings. The fourth-order valence-corrected chi connectivity index (χ4v) is 4.28. The van der Waals surface area contributed by atoms with E-state index in [0.717, 1.165) is 16.9 Å². The minimum Gasteiger partial charge on any atom is -0.497 e. The smallest absolute Gasteiger partial charge is 0.342 e. The molecule has 0 fully saturated rings. The standard InChI is InChI=1S/C26H22N2O6/c1-15-12-16(4-11-23(15)32-3)13-20-24(17-5-10-21-22(14-17)28-34-27-21)25(29)33-26(20,30)18-6-8-19(31-2)9-7-18/h4-12,14,30H,13H2,1-3H3. The highest BCUT2D eigenvalue weighted by Crippen LogP contribution is 2.45. The third-order valence-electron chi connectivity index (χ3n) is 6.02. The van der Waals surface area contributed by atoms with E-state index < -0.39 is 11.8 Å². The number of cyclic esters (lactones) is 1. The van der Waals surface area contributed by atoms with Crippen molar-refractivity contribution in [2.45, 2.75) is 19.1 Å². The first-order valence-electron chi connectivity index (χ1n) is 10.6. The average molecular weight is 458 g/mol. The molecule has 0 aliphatic carbocycles. The molecule has 1 N–H and O–H groups in total. The van der Waals surface area contributed by atoms with Crippen LogP contribution in [0.5, 0.6) is 11.5 Å². The highest BCUT2D eigenvalue weighted by molar-refractivity contribution is 6.20. The Morgan fingerprint density at radius 1 is 0.941 bits per heavy atom. The van der Waals surface area contributed by atoms with Gasteiger partial charge < -0.3 is 19.3 Å². The maximum Gasteiger partial charge on any atom is 0.342 e. The monoisotopic (exact) mass is 458 g/mol. The van der Waals surface area contributed by atoms with E-state index in [9.17, 15) is 9.90 Å². The number of aliphatic hydroxyl groups is 1. The van der Waals surface area contributed by atoms with Crippen LogP contribution in [-0.2, 0) is 21.7 Å². The first-order valence-corrected chi connectivity index (χ1v) is 10.6. The molecule has 3 aromatic carbocycles. The number of fused-ring (bicyclic) bond motifs is 1. The Bertz CT molecular complexity index is 1420. The predicted molar refractivity (Wildman–Crippen MR) is 123 cm³/mol. The summed E-state index contributed by atoms with van der Waals surface area (Å²) in [5, 5.41) is 19.5. The number of hydrogen-bond acceptors (Lipinski definition) is 8. The van der Waals surface area contributed by atoms with E-state index in [1.165, 1.54) is 0 Å². The number of esters is 1. The van der Waals surface area contributed by atoms with Gasteiger partial charge >= 0.3 is 5.97 Å². The Balaban J connectivity index is 1.68. The van der Waals surface area contributed by atoms with Crippen LogP contribution in [0.2, 0.25) is 0 Å². The minimum atomic E-state index is -1.95. The number of carbonyl (C=O) groups is 1. The van der Waals surface area contributed by atoms with Crippen LogP contribution >= 0.6 is 0 Å². The first kappa shape index (κ1) is 21.7. The zero-order valence-electron chi connectivity index (χ0n) is 18.9. The molecule has 1 atom stereocenters. The maximum absolute atomic E-state index is 13.2. The van der Waals surface area contributed by atoms with Crippen LogP contribution in [0.25, 0.3) is 16.6 Å². The van der Waals surface area contributed by atoms with Crippen LogP contribution in [0.1, 0.15) is 22.3 Å². The van der Waals surface area contributed by atoms with Gasteiger partial charge in [0.25, 0.3) is 5.79 Å². The fourth-order valence-electron chi connectivity index (χ4n) is 4.28. The fraction of sp³-hybridized carbons (Fsp3) is 0.192. The normalized spacial score (nSPS) is 17.8. The minimum absolute atomic E-state index is 0.267. The zero-order chi connectivity index (χ0) is 23.9. The van der Waals surface area contributed by atoms with Crippen LogP contribution in [0, 0.1) is 6.92 Å². The lowest BCUT2D eigenvalue weighted by Gasteiger charge is -2.26. The quantitative estimate of drug-likeness (QED) is 0.433. The molecule has 0 spiro atoms. The molecule has 0 saturated heterocycles. The number of rotatable bonds is 6. The van der Waals surface area contributed by atoms with Crippen LogP contribution in [0.4, 0.5) is 0 Å². The molecule has 1 aromatic heterocycles. The van der Waals surface area contributed by atoms with E-state index in [2.05, 4.69) is 10.3 Å². The maximum atomic E-state index is 13.2. The molecule has 0 saturated carbocycles. The van der Waals surface area contributed by atoms with Gasteiger partial charge in [0.2, 0.25) is 0 Å². The van der Waals surface area contributed by atoms with Gasteiger partial charge in [-0.05, 0) is 76.4 Å². The third kappa shape index (κ3) is 3.58. The Morgan fingerprint density at radius 3 is 2.41 bits per heavy atom. The van der Waals surface area contributed by atoms with Gasteiger partial charge in [0, 0.05) is 17.6 Å². The number of aromatic nitrogens is 2. The van der Waals surface area contributed by atoms with Gasteiger partial charge in [-0.15, -0.1) is 0 Å². The number of ether oxygens (including phenoxy) is 3. The van der Waals surface area contributed by atoms with Crippen molar-refractivity contribution in [2.75, 3.05) is 14.2 Å². The summed E-state index contributed by atoms with van der Waals surface area (Å²) in [6.45, 7) is 1.94. The Kier molecular flexibility index (Phi) is 5.30. The van der Waals surface area contributed by atoms with Crippen molar-refractivity contribution in [3.05, 3.63) is 88.5 Å². The Morgan fingerprint density at radius 2 is 1.71 bits per heavy atom. The summed E-state index contributed by atoms with van der Waals surface area (Å²) in [5.74, 6) is -1.21. The third-order valence-corrected chi connectivity index (χ3v) is 6.02. The Labute approximate surface area is 195 Å². The molecule has 172 valence electrons. The van der Waals surface area contributed by atoms with E-state index in [0.29, 0.717) is 33.5 Å². The zero-order valence-corrected chi connectivity index (χ0v) is 18.9. The van der Waals surface area contributed by atoms with Gasteiger partial charge in [0.1, 0.15) is 22.5 Å². The first-order chi connectivity index (χ1) is 16.4. The molecule has 0 amide bonds. The van der Waals surface area contributed by atoms with Gasteiger partial charge in [-0.2, -0.15) is 0 Å². The average Bonchev–Trinajstić information content (AvgIpc) is 3.41. The molecule has 34 heavy (non-hydrogen) atoms. The molecule has 8 heteroatoms. The lowest BCUT2D eigenvalue weighted by Crippen LogP contribution is -2.29. The Hall–Kier alpha value is -4.17. The van der Waals surface area contributed by atoms with Gasteiger partial charge in [0.05, 0.1) is 19.8 Å². The predicted octanol–water partition coefficient (Wildman–Crippen LogP) is 3.95. The van der Waals surface area contributed by atoms with Crippen LogP contribution in [-0.4, -0.2) is 35.6 Å². The number of carbonyl (C=O) groups excluding carboxylic acids is 1. The molecule has 1 aliphatic rings. The second kappa shape index (κ2) is 8.31. The van der Waals surface area contributed by atoms with Crippen LogP contribution in [0.3, 0.4) is 0 Å². The van der Waals surface area contributed by atoms with Crippen molar-refractivity contribution in [1.29, 1.82) is 0 Å². The lowest BCUT2D eigenvalue weighted by molar-refractivity contribution is -0.185. The van der Waals surface area contributed by atoms with E-state index in [1.807, 2.05) is 25.1 Å². The van der Waals surface area contributed by atoms with E-state index in [4.69, 9.17) is 18.8 Å². The van der Waals surface area contributed by atoms with Crippen molar-refractivity contribution in [2.24, 2.45) is 0 Å². The molecule has 0 bridgehead atoms. The number of benzene rings is 3. The van der Waals surface area contributed by atoms with Gasteiger partial charge in [-0.3, -0.25) is 0 Å². The second-order valence-electron chi connectivity index (χ2n) is 8.06. The van der Waals surface area contributed by atoms with Crippen molar-refractivity contribution >= 4 is 22.6 Å². The van der Waals surface area contributed by atoms with Crippen molar-refractivity contribution in [3.63, 3.8) is 0 Å². The van der Waals surface area contributed by atoms with E-state index >= 15 is 0 Å². The van der Waals surface area contributed by atoms with Crippen molar-refractivity contribution in [1.82, 2.24) is 10.3 Å².